The lowest BCUT2D eigenvalue weighted by Crippen LogP contribution is -2.36. The Morgan fingerprint density at radius 1 is 1.07 bits per heavy atom. The van der Waals surface area contributed by atoms with Gasteiger partial charge in [-0.15, -0.1) is 0 Å². The molecule has 1 unspecified atom stereocenters. The normalized spacial score (nSPS) is 15.6. The lowest BCUT2D eigenvalue weighted by molar-refractivity contribution is 0.0615. The van der Waals surface area contributed by atoms with Gasteiger partial charge in [0.1, 0.15) is 18.1 Å². The van der Waals surface area contributed by atoms with E-state index >= 15 is 0 Å². The number of nitrogens with one attached hydrogen (secondary N) is 1. The number of benzene rings is 2. The molecule has 29 heavy (non-hydrogen) atoms. The Bertz CT molecular complexity index is 1020. The summed E-state index contributed by atoms with van der Waals surface area (Å²) in [6.07, 6.45) is 1.59. The highest BCUT2D eigenvalue weighted by Gasteiger charge is 2.31. The highest BCUT2D eigenvalue weighted by Crippen LogP contribution is 2.33. The van der Waals surface area contributed by atoms with Crippen molar-refractivity contribution in [2.45, 2.75) is 12.6 Å². The van der Waals surface area contributed by atoms with E-state index in [9.17, 15) is 9.59 Å². The minimum atomic E-state index is -0.623. The largest absolute Gasteiger partial charge is 0.491 e. The zero-order chi connectivity index (χ0) is 20.2. The SMILES string of the molecule is O=C(NO)c1ccc2c(c1)OCC(c1ccccc1)N(C(=O)c1ccccn1)C2. The van der Waals surface area contributed by atoms with E-state index in [1.165, 1.54) is 0 Å². The van der Waals surface area contributed by atoms with Gasteiger partial charge in [0, 0.05) is 17.3 Å². The summed E-state index contributed by atoms with van der Waals surface area (Å²) in [7, 11) is 0. The summed E-state index contributed by atoms with van der Waals surface area (Å²) < 4.78 is 5.99. The van der Waals surface area contributed by atoms with Gasteiger partial charge in [-0.3, -0.25) is 19.8 Å². The van der Waals surface area contributed by atoms with Crippen LogP contribution in [0.15, 0.2) is 72.9 Å². The Balaban J connectivity index is 1.74. The number of fused-ring (bicyclic) bond motifs is 1. The lowest BCUT2D eigenvalue weighted by atomic mass is 10.0. The minimum Gasteiger partial charge on any atom is -0.491 e. The van der Waals surface area contributed by atoms with E-state index in [0.29, 0.717) is 18.0 Å². The maximum atomic E-state index is 13.3. The summed E-state index contributed by atoms with van der Waals surface area (Å²) in [6, 6.07) is 19.4. The average Bonchev–Trinajstić information content (AvgIpc) is 2.98. The highest BCUT2D eigenvalue weighted by molar-refractivity contribution is 5.94. The van der Waals surface area contributed by atoms with Crippen molar-refractivity contribution in [1.29, 1.82) is 0 Å². The van der Waals surface area contributed by atoms with Crippen molar-refractivity contribution in [3.8, 4) is 5.75 Å². The zero-order valence-corrected chi connectivity index (χ0v) is 15.5. The third kappa shape index (κ3) is 3.81. The molecule has 0 aliphatic carbocycles. The van der Waals surface area contributed by atoms with Crippen LogP contribution < -0.4 is 10.2 Å². The first kappa shape index (κ1) is 18.6. The van der Waals surface area contributed by atoms with Gasteiger partial charge >= 0.3 is 0 Å². The van der Waals surface area contributed by atoms with Crippen LogP contribution in [0.5, 0.6) is 5.75 Å². The quantitative estimate of drug-likeness (QED) is 0.531. The molecule has 0 bridgehead atoms. The number of carbonyl (C=O) groups is 2. The van der Waals surface area contributed by atoms with E-state index in [4.69, 9.17) is 9.94 Å². The molecule has 1 aliphatic rings. The van der Waals surface area contributed by atoms with E-state index in [0.717, 1.165) is 11.1 Å². The van der Waals surface area contributed by atoms with Crippen molar-refractivity contribution in [1.82, 2.24) is 15.4 Å². The number of aromatic nitrogens is 1. The smallest absolute Gasteiger partial charge is 0.274 e. The Morgan fingerprint density at radius 3 is 2.59 bits per heavy atom. The number of hydrogen-bond donors (Lipinski definition) is 2. The maximum Gasteiger partial charge on any atom is 0.274 e. The van der Waals surface area contributed by atoms with Gasteiger partial charge in [-0.05, 0) is 29.8 Å². The van der Waals surface area contributed by atoms with Gasteiger partial charge in [0.25, 0.3) is 11.8 Å². The first-order valence-electron chi connectivity index (χ1n) is 9.14. The van der Waals surface area contributed by atoms with Crippen LogP contribution in [0.2, 0.25) is 0 Å². The van der Waals surface area contributed by atoms with Gasteiger partial charge < -0.3 is 9.64 Å². The molecule has 2 N–H and O–H groups in total. The van der Waals surface area contributed by atoms with Gasteiger partial charge in [-0.25, -0.2) is 5.48 Å². The molecule has 146 valence electrons. The summed E-state index contributed by atoms with van der Waals surface area (Å²) in [5.74, 6) is -0.321. The van der Waals surface area contributed by atoms with E-state index in [2.05, 4.69) is 4.98 Å². The standard InChI is InChI=1S/C22H19N3O4/c26-21(24-28)16-9-10-17-13-25(22(27)18-8-4-5-11-23-18)19(14-29-20(17)12-16)15-6-2-1-3-7-15/h1-12,19,28H,13-14H2,(H,24,26). The van der Waals surface area contributed by atoms with Crippen molar-refractivity contribution in [2.75, 3.05) is 6.61 Å². The fourth-order valence-electron chi connectivity index (χ4n) is 3.38. The molecule has 7 nitrogen and oxygen atoms in total. The fraction of sp³-hybridized carbons (Fsp3) is 0.136. The first-order chi connectivity index (χ1) is 14.2. The molecule has 0 spiro atoms. The van der Waals surface area contributed by atoms with E-state index in [1.807, 2.05) is 30.3 Å². The van der Waals surface area contributed by atoms with Crippen LogP contribution in [0.1, 0.15) is 38.0 Å². The summed E-state index contributed by atoms with van der Waals surface area (Å²) in [5, 5.41) is 8.88. The van der Waals surface area contributed by atoms with Gasteiger partial charge in [-0.2, -0.15) is 0 Å². The van der Waals surface area contributed by atoms with Crippen molar-refractivity contribution >= 4 is 11.8 Å². The predicted molar refractivity (Wildman–Crippen MR) is 104 cm³/mol. The summed E-state index contributed by atoms with van der Waals surface area (Å²) in [6.45, 7) is 0.519. The molecule has 1 atom stereocenters. The van der Waals surface area contributed by atoms with Crippen molar-refractivity contribution in [2.24, 2.45) is 0 Å². The third-order valence-electron chi connectivity index (χ3n) is 4.87. The van der Waals surface area contributed by atoms with Gasteiger partial charge in [0.05, 0.1) is 12.6 Å². The fourth-order valence-corrected chi connectivity index (χ4v) is 3.38. The van der Waals surface area contributed by atoms with Crippen molar-refractivity contribution < 1.29 is 19.5 Å². The Hall–Kier alpha value is -3.71. The molecule has 7 heteroatoms. The van der Waals surface area contributed by atoms with Gasteiger partial charge in [0.2, 0.25) is 0 Å². The predicted octanol–water partition coefficient (Wildman–Crippen LogP) is 2.98. The molecule has 2 aromatic carbocycles. The molecule has 2 heterocycles. The van der Waals surface area contributed by atoms with Gasteiger partial charge in [-0.1, -0.05) is 42.5 Å². The molecule has 3 aromatic rings. The van der Waals surface area contributed by atoms with E-state index in [1.54, 1.807) is 53.0 Å². The molecule has 1 aliphatic heterocycles. The number of ether oxygens (including phenoxy) is 1. The summed E-state index contributed by atoms with van der Waals surface area (Å²) in [5.41, 5.74) is 3.95. The molecular formula is C22H19N3O4. The molecular weight excluding hydrogens is 370 g/mol. The topological polar surface area (TPSA) is 91.8 Å². The number of hydroxylamine groups is 1. The van der Waals surface area contributed by atoms with Crippen molar-refractivity contribution in [3.05, 3.63) is 95.3 Å². The van der Waals surface area contributed by atoms with Crippen LogP contribution in [0, 0.1) is 0 Å². The van der Waals surface area contributed by atoms with E-state index < -0.39 is 5.91 Å². The van der Waals surface area contributed by atoms with Crippen LogP contribution in [-0.2, 0) is 6.54 Å². The molecule has 0 fully saturated rings. The van der Waals surface area contributed by atoms with Crippen LogP contribution in [-0.4, -0.2) is 33.5 Å². The Morgan fingerprint density at radius 2 is 1.86 bits per heavy atom. The number of carbonyl (C=O) groups excluding carboxylic acids is 2. The lowest BCUT2D eigenvalue weighted by Gasteiger charge is -2.29. The average molecular weight is 389 g/mol. The zero-order valence-electron chi connectivity index (χ0n) is 15.5. The second-order valence-electron chi connectivity index (χ2n) is 6.65. The molecule has 4 rings (SSSR count). The number of rotatable bonds is 3. The summed E-state index contributed by atoms with van der Waals surface area (Å²) in [4.78, 5) is 31.0. The number of pyridine rings is 1. The van der Waals surface area contributed by atoms with Crippen LogP contribution in [0.4, 0.5) is 0 Å². The molecule has 0 radical (unpaired) electrons. The van der Waals surface area contributed by atoms with Crippen LogP contribution >= 0.6 is 0 Å². The number of hydrogen-bond acceptors (Lipinski definition) is 5. The highest BCUT2D eigenvalue weighted by atomic mass is 16.5. The van der Waals surface area contributed by atoms with Crippen LogP contribution in [0.25, 0.3) is 0 Å². The molecule has 2 amide bonds. The molecule has 0 saturated carbocycles. The first-order valence-corrected chi connectivity index (χ1v) is 9.14. The maximum absolute atomic E-state index is 13.3. The van der Waals surface area contributed by atoms with E-state index in [-0.39, 0.29) is 24.1 Å². The van der Waals surface area contributed by atoms with Crippen molar-refractivity contribution in [3.63, 3.8) is 0 Å². The molecule has 1 aromatic heterocycles. The Labute approximate surface area is 167 Å². The summed E-state index contributed by atoms with van der Waals surface area (Å²) >= 11 is 0. The molecule has 0 saturated heterocycles. The Kier molecular flexibility index (Phi) is 5.22. The van der Waals surface area contributed by atoms with Crippen LogP contribution in [0.3, 0.4) is 0 Å². The number of nitrogens with zero attached hydrogens (tertiary/aromatic N) is 2. The van der Waals surface area contributed by atoms with Gasteiger partial charge in [0.15, 0.2) is 0 Å². The number of amides is 2. The third-order valence-corrected chi connectivity index (χ3v) is 4.87. The monoisotopic (exact) mass is 389 g/mol. The minimum absolute atomic E-state index is 0.201. The second kappa shape index (κ2) is 8.12. The second-order valence-corrected chi connectivity index (χ2v) is 6.65.